The Morgan fingerprint density at radius 2 is 2.00 bits per heavy atom. The maximum Gasteiger partial charge on any atom is 0.293 e. The Hall–Kier alpha value is -3.42. The second-order valence-electron chi connectivity index (χ2n) is 4.20. The number of rotatable bonds is 5. The van der Waals surface area contributed by atoms with E-state index in [9.17, 15) is 10.1 Å². The molecule has 22 heavy (non-hydrogen) atoms. The summed E-state index contributed by atoms with van der Waals surface area (Å²) in [5.74, 6) is -0.132. The summed E-state index contributed by atoms with van der Waals surface area (Å²) in [6.07, 6.45) is 6.53. The number of nitro benzene ring substituents is 1. The smallest absolute Gasteiger partial charge is 0.293 e. The molecule has 2 rings (SSSR count). The summed E-state index contributed by atoms with van der Waals surface area (Å²) in [7, 11) is 0. The number of aromatic nitrogens is 1. The number of para-hydroxylation sites is 2. The highest BCUT2D eigenvalue weighted by atomic mass is 16.6. The summed E-state index contributed by atoms with van der Waals surface area (Å²) in [6, 6.07) is 10.1. The largest absolute Gasteiger partial charge is 0.369 e. The lowest BCUT2D eigenvalue weighted by Crippen LogP contribution is -2.21. The number of allylic oxidation sites excluding steroid dienone is 1. The summed E-state index contributed by atoms with van der Waals surface area (Å²) in [5, 5.41) is 18.2. The SMILES string of the molecule is NC(N)=NN=C/C=C\c1cccn1-c1ccccc1[N+](=O)[O-]. The van der Waals surface area contributed by atoms with Crippen molar-refractivity contribution in [1.82, 2.24) is 4.57 Å². The van der Waals surface area contributed by atoms with Crippen LogP contribution in [0, 0.1) is 10.1 Å². The fraction of sp³-hybridized carbons (Fsp3) is 0. The van der Waals surface area contributed by atoms with Crippen molar-refractivity contribution in [3.8, 4) is 5.69 Å². The number of benzene rings is 1. The Labute approximate surface area is 126 Å². The van der Waals surface area contributed by atoms with Crippen molar-refractivity contribution in [2.45, 2.75) is 0 Å². The monoisotopic (exact) mass is 298 g/mol. The molecule has 1 heterocycles. The molecule has 0 atom stereocenters. The van der Waals surface area contributed by atoms with Crippen LogP contribution < -0.4 is 11.5 Å². The van der Waals surface area contributed by atoms with Gasteiger partial charge in [0.2, 0.25) is 5.96 Å². The van der Waals surface area contributed by atoms with E-state index in [1.165, 1.54) is 12.3 Å². The van der Waals surface area contributed by atoms with Crippen molar-refractivity contribution in [1.29, 1.82) is 0 Å². The van der Waals surface area contributed by atoms with Crippen molar-refractivity contribution >= 4 is 23.9 Å². The van der Waals surface area contributed by atoms with E-state index < -0.39 is 4.92 Å². The van der Waals surface area contributed by atoms with Crippen molar-refractivity contribution in [2.75, 3.05) is 0 Å². The molecule has 2 aromatic rings. The average molecular weight is 298 g/mol. The van der Waals surface area contributed by atoms with Gasteiger partial charge in [-0.05, 0) is 30.4 Å². The number of guanidine groups is 1. The van der Waals surface area contributed by atoms with Crippen LogP contribution in [-0.4, -0.2) is 21.7 Å². The molecule has 0 aliphatic heterocycles. The molecule has 0 amide bonds. The van der Waals surface area contributed by atoms with E-state index in [1.54, 1.807) is 47.2 Å². The first kappa shape index (κ1) is 15.0. The molecule has 0 radical (unpaired) electrons. The molecule has 0 unspecified atom stereocenters. The fourth-order valence-electron chi connectivity index (χ4n) is 1.85. The summed E-state index contributed by atoms with van der Waals surface area (Å²) in [5.41, 5.74) is 11.5. The summed E-state index contributed by atoms with van der Waals surface area (Å²) in [4.78, 5) is 10.7. The van der Waals surface area contributed by atoms with Crippen LogP contribution in [0.25, 0.3) is 11.8 Å². The maximum atomic E-state index is 11.1. The van der Waals surface area contributed by atoms with Gasteiger partial charge < -0.3 is 16.0 Å². The van der Waals surface area contributed by atoms with Gasteiger partial charge in [-0.1, -0.05) is 12.1 Å². The molecule has 0 spiro atoms. The Morgan fingerprint density at radius 3 is 2.73 bits per heavy atom. The maximum absolute atomic E-state index is 11.1. The molecular formula is C14H14N6O2. The molecule has 0 saturated carbocycles. The molecule has 112 valence electrons. The fourth-order valence-corrected chi connectivity index (χ4v) is 1.85. The predicted molar refractivity (Wildman–Crippen MR) is 85.8 cm³/mol. The molecule has 1 aromatic carbocycles. The average Bonchev–Trinajstić information content (AvgIpc) is 2.94. The van der Waals surface area contributed by atoms with Gasteiger partial charge in [0.25, 0.3) is 5.69 Å². The molecule has 8 nitrogen and oxygen atoms in total. The van der Waals surface area contributed by atoms with Crippen LogP contribution in [0.4, 0.5) is 5.69 Å². The minimum Gasteiger partial charge on any atom is -0.369 e. The van der Waals surface area contributed by atoms with Crippen molar-refractivity contribution in [3.63, 3.8) is 0 Å². The second-order valence-corrected chi connectivity index (χ2v) is 4.20. The number of nitrogens with two attached hydrogens (primary N) is 2. The first-order valence-electron chi connectivity index (χ1n) is 6.29. The van der Waals surface area contributed by atoms with Crippen molar-refractivity contribution in [3.05, 3.63) is 64.5 Å². The Bertz CT molecular complexity index is 756. The molecule has 0 aliphatic rings. The van der Waals surface area contributed by atoms with Gasteiger partial charge in [-0.2, -0.15) is 5.10 Å². The molecule has 0 bridgehead atoms. The molecule has 0 aliphatic carbocycles. The molecule has 0 fully saturated rings. The van der Waals surface area contributed by atoms with Crippen LogP contribution in [0.2, 0.25) is 0 Å². The summed E-state index contributed by atoms with van der Waals surface area (Å²) < 4.78 is 1.71. The Morgan fingerprint density at radius 1 is 1.23 bits per heavy atom. The van der Waals surface area contributed by atoms with Gasteiger partial charge in [0, 0.05) is 24.2 Å². The normalized spacial score (nSPS) is 11.1. The highest BCUT2D eigenvalue weighted by Gasteiger charge is 2.14. The van der Waals surface area contributed by atoms with E-state index in [0.29, 0.717) is 5.69 Å². The molecular weight excluding hydrogens is 284 g/mol. The van der Waals surface area contributed by atoms with Crippen LogP contribution >= 0.6 is 0 Å². The Kier molecular flexibility index (Phi) is 4.66. The minimum absolute atomic E-state index is 0.0301. The third-order valence-corrected chi connectivity index (χ3v) is 2.71. The number of nitrogens with zero attached hydrogens (tertiary/aromatic N) is 4. The summed E-state index contributed by atoms with van der Waals surface area (Å²) in [6.45, 7) is 0. The molecule has 1 aromatic heterocycles. The van der Waals surface area contributed by atoms with Gasteiger partial charge in [0.05, 0.1) is 4.92 Å². The van der Waals surface area contributed by atoms with E-state index in [0.717, 1.165) is 5.69 Å². The highest BCUT2D eigenvalue weighted by Crippen LogP contribution is 2.24. The zero-order valence-corrected chi connectivity index (χ0v) is 11.5. The molecule has 4 N–H and O–H groups in total. The molecule has 8 heteroatoms. The molecule has 0 saturated heterocycles. The van der Waals surface area contributed by atoms with E-state index in [4.69, 9.17) is 11.5 Å². The zero-order valence-electron chi connectivity index (χ0n) is 11.5. The van der Waals surface area contributed by atoms with E-state index in [-0.39, 0.29) is 11.6 Å². The van der Waals surface area contributed by atoms with Crippen LogP contribution in [-0.2, 0) is 0 Å². The Balaban J connectivity index is 2.31. The van der Waals surface area contributed by atoms with E-state index in [1.807, 2.05) is 6.07 Å². The van der Waals surface area contributed by atoms with Crippen molar-refractivity contribution < 1.29 is 4.92 Å². The van der Waals surface area contributed by atoms with Gasteiger partial charge in [0.1, 0.15) is 5.69 Å². The topological polar surface area (TPSA) is 125 Å². The van der Waals surface area contributed by atoms with E-state index >= 15 is 0 Å². The third-order valence-electron chi connectivity index (χ3n) is 2.71. The van der Waals surface area contributed by atoms with E-state index in [2.05, 4.69) is 10.2 Å². The minimum atomic E-state index is -0.414. The number of hydrogen-bond donors (Lipinski definition) is 2. The lowest BCUT2D eigenvalue weighted by molar-refractivity contribution is -0.384. The lowest BCUT2D eigenvalue weighted by Gasteiger charge is -2.06. The highest BCUT2D eigenvalue weighted by molar-refractivity contribution is 5.80. The van der Waals surface area contributed by atoms with Gasteiger partial charge >= 0.3 is 0 Å². The number of hydrogen-bond acceptors (Lipinski definition) is 4. The standard InChI is InChI=1S/C14H14N6O2/c15-14(16)18-17-9-3-5-11-6-4-10-19(11)12-7-1-2-8-13(12)20(21)22/h1-10H,(H4,15,16,18)/b5-3-,17-9?. The van der Waals surface area contributed by atoms with Crippen LogP contribution in [0.15, 0.2) is 58.9 Å². The lowest BCUT2D eigenvalue weighted by atomic mass is 10.2. The number of nitro groups is 1. The third kappa shape index (κ3) is 3.57. The van der Waals surface area contributed by atoms with Crippen LogP contribution in [0.1, 0.15) is 5.69 Å². The predicted octanol–water partition coefficient (Wildman–Crippen LogP) is 1.66. The first-order valence-corrected chi connectivity index (χ1v) is 6.29. The second kappa shape index (κ2) is 6.84. The van der Waals surface area contributed by atoms with Crippen LogP contribution in [0.5, 0.6) is 0 Å². The van der Waals surface area contributed by atoms with Gasteiger partial charge in [-0.3, -0.25) is 10.1 Å². The first-order chi connectivity index (χ1) is 10.6. The van der Waals surface area contributed by atoms with Gasteiger partial charge in [0.15, 0.2) is 0 Å². The zero-order chi connectivity index (χ0) is 15.9. The quantitative estimate of drug-likeness (QED) is 0.377. The van der Waals surface area contributed by atoms with Gasteiger partial charge in [-0.15, -0.1) is 5.10 Å². The van der Waals surface area contributed by atoms with Crippen molar-refractivity contribution in [2.24, 2.45) is 21.7 Å². The van der Waals surface area contributed by atoms with Crippen LogP contribution in [0.3, 0.4) is 0 Å². The summed E-state index contributed by atoms with van der Waals surface area (Å²) >= 11 is 0. The van der Waals surface area contributed by atoms with Gasteiger partial charge in [-0.25, -0.2) is 0 Å².